The summed E-state index contributed by atoms with van der Waals surface area (Å²) in [5, 5.41) is 3.48. The summed E-state index contributed by atoms with van der Waals surface area (Å²) >= 11 is 0. The molecule has 1 heterocycles. The predicted molar refractivity (Wildman–Crippen MR) is 73.0 cm³/mol. The molecule has 17 heavy (non-hydrogen) atoms. The van der Waals surface area contributed by atoms with Crippen molar-refractivity contribution in [1.29, 1.82) is 0 Å². The predicted octanol–water partition coefficient (Wildman–Crippen LogP) is 3.35. The number of aromatic nitrogens is 2. The molecule has 0 spiro atoms. The average molecular weight is 237 g/mol. The molecule has 0 saturated heterocycles. The van der Waals surface area contributed by atoms with Gasteiger partial charge < -0.3 is 9.88 Å². The minimum Gasteiger partial charge on any atom is -0.334 e. The van der Waals surface area contributed by atoms with Crippen molar-refractivity contribution in [2.75, 3.05) is 0 Å². The van der Waals surface area contributed by atoms with E-state index in [1.807, 2.05) is 6.20 Å². The maximum Gasteiger partial charge on any atom is 0.122 e. The second-order valence-corrected chi connectivity index (χ2v) is 5.70. The molecule has 0 unspecified atom stereocenters. The first-order valence-electron chi connectivity index (χ1n) is 6.78. The minimum absolute atomic E-state index is 0.152. The highest BCUT2D eigenvalue weighted by Gasteiger charge is 2.10. The Labute approximate surface area is 106 Å². The Bertz CT molecular complexity index is 310. The molecule has 1 aromatic rings. The van der Waals surface area contributed by atoms with Gasteiger partial charge in [-0.2, -0.15) is 0 Å². The third kappa shape index (κ3) is 5.87. The van der Waals surface area contributed by atoms with Crippen molar-refractivity contribution in [2.45, 2.75) is 72.0 Å². The van der Waals surface area contributed by atoms with Crippen LogP contribution in [0.5, 0.6) is 0 Å². The van der Waals surface area contributed by atoms with Crippen molar-refractivity contribution in [1.82, 2.24) is 14.9 Å². The average Bonchev–Trinajstić information content (AvgIpc) is 2.68. The number of aryl methyl sites for hydroxylation is 1. The zero-order valence-corrected chi connectivity index (χ0v) is 11.8. The fourth-order valence-electron chi connectivity index (χ4n) is 1.76. The summed E-state index contributed by atoms with van der Waals surface area (Å²) in [7, 11) is 0. The molecule has 1 N–H and O–H groups in total. The first kappa shape index (κ1) is 14.2. The zero-order valence-electron chi connectivity index (χ0n) is 11.8. The topological polar surface area (TPSA) is 29.9 Å². The van der Waals surface area contributed by atoms with Crippen LogP contribution < -0.4 is 5.32 Å². The lowest BCUT2D eigenvalue weighted by molar-refractivity contribution is 0.410. The number of hydrogen-bond acceptors (Lipinski definition) is 2. The molecule has 0 fully saturated rings. The van der Waals surface area contributed by atoms with Crippen LogP contribution in [0.2, 0.25) is 0 Å². The Morgan fingerprint density at radius 2 is 2.00 bits per heavy atom. The van der Waals surface area contributed by atoms with Gasteiger partial charge in [-0.3, -0.25) is 0 Å². The number of nitrogens with zero attached hydrogens (tertiary/aromatic N) is 2. The molecule has 1 aromatic heterocycles. The van der Waals surface area contributed by atoms with Crippen molar-refractivity contribution in [3.63, 3.8) is 0 Å². The lowest BCUT2D eigenvalue weighted by Gasteiger charge is -2.20. The highest BCUT2D eigenvalue weighted by Crippen LogP contribution is 2.06. The van der Waals surface area contributed by atoms with Gasteiger partial charge in [-0.1, -0.05) is 26.2 Å². The van der Waals surface area contributed by atoms with Crippen molar-refractivity contribution in [3.05, 3.63) is 18.2 Å². The number of unbranched alkanes of at least 4 members (excludes halogenated alkanes) is 3. The molecule has 1 rings (SSSR count). The van der Waals surface area contributed by atoms with Crippen LogP contribution in [-0.2, 0) is 13.1 Å². The van der Waals surface area contributed by atoms with Crippen molar-refractivity contribution < 1.29 is 0 Å². The van der Waals surface area contributed by atoms with Gasteiger partial charge in [0.05, 0.1) is 6.54 Å². The van der Waals surface area contributed by atoms with Crippen LogP contribution in [0.15, 0.2) is 12.4 Å². The highest BCUT2D eigenvalue weighted by atomic mass is 15.1. The summed E-state index contributed by atoms with van der Waals surface area (Å²) in [5.74, 6) is 1.15. The first-order valence-corrected chi connectivity index (χ1v) is 6.78. The fraction of sp³-hybridized carbons (Fsp3) is 0.786. The summed E-state index contributed by atoms with van der Waals surface area (Å²) in [6.45, 7) is 10.7. The third-order valence-electron chi connectivity index (χ3n) is 2.83. The van der Waals surface area contributed by atoms with Crippen LogP contribution in [-0.4, -0.2) is 15.1 Å². The van der Waals surface area contributed by atoms with Crippen molar-refractivity contribution in [2.24, 2.45) is 0 Å². The number of nitrogens with one attached hydrogen (secondary N) is 1. The normalized spacial score (nSPS) is 12.0. The van der Waals surface area contributed by atoms with E-state index >= 15 is 0 Å². The molecule has 0 amide bonds. The largest absolute Gasteiger partial charge is 0.334 e. The van der Waals surface area contributed by atoms with E-state index in [1.54, 1.807) is 0 Å². The smallest absolute Gasteiger partial charge is 0.122 e. The Balaban J connectivity index is 2.37. The van der Waals surface area contributed by atoms with Gasteiger partial charge in [0.1, 0.15) is 5.82 Å². The summed E-state index contributed by atoms with van der Waals surface area (Å²) < 4.78 is 2.27. The molecule has 0 aliphatic rings. The second kappa shape index (κ2) is 6.80. The van der Waals surface area contributed by atoms with Gasteiger partial charge in [0.25, 0.3) is 0 Å². The lowest BCUT2D eigenvalue weighted by Crippen LogP contribution is -2.35. The van der Waals surface area contributed by atoms with Gasteiger partial charge in [-0.25, -0.2) is 4.98 Å². The van der Waals surface area contributed by atoms with E-state index in [4.69, 9.17) is 0 Å². The molecule has 3 heteroatoms. The molecule has 0 saturated carbocycles. The van der Waals surface area contributed by atoms with Crippen LogP contribution in [0.4, 0.5) is 0 Å². The molecular formula is C14H27N3. The van der Waals surface area contributed by atoms with Gasteiger partial charge >= 0.3 is 0 Å². The molecule has 0 radical (unpaired) electrons. The monoisotopic (exact) mass is 237 g/mol. The molecule has 98 valence electrons. The van der Waals surface area contributed by atoms with E-state index in [0.29, 0.717) is 0 Å². The van der Waals surface area contributed by atoms with E-state index in [-0.39, 0.29) is 5.54 Å². The molecular weight excluding hydrogens is 210 g/mol. The zero-order chi connectivity index (χ0) is 12.7. The van der Waals surface area contributed by atoms with Gasteiger partial charge in [0, 0.05) is 24.5 Å². The van der Waals surface area contributed by atoms with Crippen LogP contribution in [0.25, 0.3) is 0 Å². The van der Waals surface area contributed by atoms with Gasteiger partial charge in [0.15, 0.2) is 0 Å². The Kier molecular flexibility index (Phi) is 5.69. The van der Waals surface area contributed by atoms with Crippen LogP contribution in [0.3, 0.4) is 0 Å². The standard InChI is InChI=1S/C14H27N3/c1-5-6-7-8-10-17-11-9-15-13(17)12-16-14(2,3)4/h9,11,16H,5-8,10,12H2,1-4H3. The van der Waals surface area contributed by atoms with E-state index < -0.39 is 0 Å². The Morgan fingerprint density at radius 1 is 1.24 bits per heavy atom. The van der Waals surface area contributed by atoms with Gasteiger partial charge in [0.2, 0.25) is 0 Å². The van der Waals surface area contributed by atoms with E-state index in [0.717, 1.165) is 18.9 Å². The molecule has 0 aliphatic carbocycles. The molecule has 0 aromatic carbocycles. The van der Waals surface area contributed by atoms with E-state index in [1.165, 1.54) is 25.7 Å². The lowest BCUT2D eigenvalue weighted by atomic mass is 10.1. The van der Waals surface area contributed by atoms with Crippen LogP contribution >= 0.6 is 0 Å². The highest BCUT2D eigenvalue weighted by molar-refractivity contribution is 4.93. The van der Waals surface area contributed by atoms with Gasteiger partial charge in [-0.05, 0) is 27.2 Å². The summed E-state index contributed by atoms with van der Waals surface area (Å²) in [4.78, 5) is 4.42. The van der Waals surface area contributed by atoms with E-state index in [2.05, 4.69) is 48.8 Å². The summed E-state index contributed by atoms with van der Waals surface area (Å²) in [5.41, 5.74) is 0.152. The molecule has 3 nitrogen and oxygen atoms in total. The molecule has 0 aliphatic heterocycles. The molecule has 0 atom stereocenters. The van der Waals surface area contributed by atoms with E-state index in [9.17, 15) is 0 Å². The fourth-order valence-corrected chi connectivity index (χ4v) is 1.76. The number of imidazole rings is 1. The van der Waals surface area contributed by atoms with Crippen molar-refractivity contribution >= 4 is 0 Å². The summed E-state index contributed by atoms with van der Waals surface area (Å²) in [6.07, 6.45) is 9.20. The SMILES string of the molecule is CCCCCCn1ccnc1CNC(C)(C)C. The Hall–Kier alpha value is -0.830. The minimum atomic E-state index is 0.152. The van der Waals surface area contributed by atoms with Crippen LogP contribution in [0, 0.1) is 0 Å². The first-order chi connectivity index (χ1) is 8.03. The summed E-state index contributed by atoms with van der Waals surface area (Å²) in [6, 6.07) is 0. The molecule has 0 bridgehead atoms. The Morgan fingerprint density at radius 3 is 2.65 bits per heavy atom. The van der Waals surface area contributed by atoms with Crippen molar-refractivity contribution in [3.8, 4) is 0 Å². The number of rotatable bonds is 7. The van der Waals surface area contributed by atoms with Crippen LogP contribution in [0.1, 0.15) is 59.2 Å². The van der Waals surface area contributed by atoms with Gasteiger partial charge in [-0.15, -0.1) is 0 Å². The maximum absolute atomic E-state index is 4.42. The quantitative estimate of drug-likeness (QED) is 0.737. The second-order valence-electron chi connectivity index (χ2n) is 5.70. The third-order valence-corrected chi connectivity index (χ3v) is 2.83. The maximum atomic E-state index is 4.42. The number of hydrogen-bond donors (Lipinski definition) is 1.